The van der Waals surface area contributed by atoms with Gasteiger partial charge in [0.15, 0.2) is 11.5 Å². The van der Waals surface area contributed by atoms with Crippen LogP contribution >= 0.6 is 0 Å². The molecule has 2 N–H and O–H groups in total. The molecule has 0 aliphatic heterocycles. The molecule has 0 saturated heterocycles. The van der Waals surface area contributed by atoms with Crippen LogP contribution in [0.5, 0.6) is 11.5 Å². The minimum Gasteiger partial charge on any atom is -0.504 e. The summed E-state index contributed by atoms with van der Waals surface area (Å²) >= 11 is 0. The molecule has 2 rings (SSSR count). The second kappa shape index (κ2) is 7.22. The molecule has 0 spiro atoms. The lowest BCUT2D eigenvalue weighted by molar-refractivity contribution is -0.183. The Balaban J connectivity index is 1.81. The fourth-order valence-corrected chi connectivity index (χ4v) is 2.97. The maximum Gasteiger partial charge on any atom is 0.391 e. The smallest absolute Gasteiger partial charge is 0.391 e. The van der Waals surface area contributed by atoms with Crippen molar-refractivity contribution >= 4 is 0 Å². The number of nitrogens with one attached hydrogen (secondary N) is 1. The Kier molecular flexibility index (Phi) is 5.56. The van der Waals surface area contributed by atoms with Crippen molar-refractivity contribution in [2.45, 2.75) is 44.3 Å². The van der Waals surface area contributed by atoms with Crippen LogP contribution < -0.4 is 10.1 Å². The average Bonchev–Trinajstić information content (AvgIpc) is 2.48. The van der Waals surface area contributed by atoms with Crippen LogP contribution in [-0.4, -0.2) is 31.0 Å². The maximum absolute atomic E-state index is 12.8. The number of halogens is 3. The predicted molar refractivity (Wildman–Crippen MR) is 78.2 cm³/mol. The largest absolute Gasteiger partial charge is 0.504 e. The van der Waals surface area contributed by atoms with E-state index in [9.17, 15) is 18.3 Å². The molecule has 1 fully saturated rings. The normalized spacial score (nSPS) is 22.5. The van der Waals surface area contributed by atoms with Crippen molar-refractivity contribution in [3.8, 4) is 11.5 Å². The lowest BCUT2D eigenvalue weighted by Gasteiger charge is -2.31. The van der Waals surface area contributed by atoms with E-state index in [1.165, 1.54) is 7.11 Å². The highest BCUT2D eigenvalue weighted by Gasteiger charge is 2.41. The molecule has 1 aliphatic carbocycles. The van der Waals surface area contributed by atoms with E-state index in [-0.39, 0.29) is 24.6 Å². The maximum atomic E-state index is 12.8. The SMILES string of the molecule is COc1cc(CCN[C@H]2CCC[C@@H](C(F)(F)F)C2)ccc1O. The van der Waals surface area contributed by atoms with Gasteiger partial charge in [-0.2, -0.15) is 13.2 Å². The first-order valence-electron chi connectivity index (χ1n) is 7.56. The van der Waals surface area contributed by atoms with E-state index in [4.69, 9.17) is 4.74 Å². The molecule has 0 aromatic heterocycles. The van der Waals surface area contributed by atoms with Gasteiger partial charge in [0.05, 0.1) is 13.0 Å². The Morgan fingerprint density at radius 1 is 1.32 bits per heavy atom. The van der Waals surface area contributed by atoms with Gasteiger partial charge in [0, 0.05) is 6.04 Å². The number of rotatable bonds is 5. The zero-order valence-electron chi connectivity index (χ0n) is 12.6. The zero-order valence-corrected chi connectivity index (χ0v) is 12.6. The Bertz CT molecular complexity index is 491. The lowest BCUT2D eigenvalue weighted by atomic mass is 9.85. The van der Waals surface area contributed by atoms with Gasteiger partial charge in [-0.05, 0) is 49.9 Å². The molecule has 22 heavy (non-hydrogen) atoms. The molecule has 0 unspecified atom stereocenters. The van der Waals surface area contributed by atoms with Gasteiger partial charge in [-0.1, -0.05) is 12.5 Å². The zero-order chi connectivity index (χ0) is 16.2. The summed E-state index contributed by atoms with van der Waals surface area (Å²) < 4.78 is 43.3. The number of ether oxygens (including phenoxy) is 1. The molecular weight excluding hydrogens is 295 g/mol. The minimum atomic E-state index is -4.08. The van der Waals surface area contributed by atoms with Gasteiger partial charge in [0.25, 0.3) is 0 Å². The highest BCUT2D eigenvalue weighted by molar-refractivity contribution is 5.41. The predicted octanol–water partition coefficient (Wildman–Crippen LogP) is 3.65. The molecule has 3 nitrogen and oxygen atoms in total. The fourth-order valence-electron chi connectivity index (χ4n) is 2.97. The molecule has 1 saturated carbocycles. The molecule has 0 radical (unpaired) electrons. The van der Waals surface area contributed by atoms with E-state index in [0.717, 1.165) is 12.0 Å². The quantitative estimate of drug-likeness (QED) is 0.871. The molecule has 0 amide bonds. The van der Waals surface area contributed by atoms with E-state index in [2.05, 4.69) is 5.32 Å². The molecule has 0 bridgehead atoms. The van der Waals surface area contributed by atoms with Gasteiger partial charge in [0.1, 0.15) is 0 Å². The van der Waals surface area contributed by atoms with Crippen molar-refractivity contribution < 1.29 is 23.0 Å². The van der Waals surface area contributed by atoms with E-state index >= 15 is 0 Å². The monoisotopic (exact) mass is 317 g/mol. The van der Waals surface area contributed by atoms with Crippen LogP contribution in [0.15, 0.2) is 18.2 Å². The topological polar surface area (TPSA) is 41.5 Å². The molecule has 6 heteroatoms. The summed E-state index contributed by atoms with van der Waals surface area (Å²) in [7, 11) is 1.48. The first kappa shape index (κ1) is 16.9. The van der Waals surface area contributed by atoms with E-state index in [0.29, 0.717) is 25.1 Å². The highest BCUT2D eigenvalue weighted by atomic mass is 19.4. The number of phenolic OH excluding ortho intramolecular Hbond substituents is 1. The summed E-state index contributed by atoms with van der Waals surface area (Å²) in [5.41, 5.74) is 0.977. The second-order valence-corrected chi connectivity index (χ2v) is 5.81. The van der Waals surface area contributed by atoms with Gasteiger partial charge < -0.3 is 15.2 Å². The molecular formula is C16H22F3NO2. The summed E-state index contributed by atoms with van der Waals surface area (Å²) in [5.74, 6) is -0.681. The number of benzene rings is 1. The van der Waals surface area contributed by atoms with E-state index in [1.807, 2.05) is 0 Å². The third-order valence-corrected chi connectivity index (χ3v) is 4.23. The van der Waals surface area contributed by atoms with Gasteiger partial charge in [-0.25, -0.2) is 0 Å². The van der Waals surface area contributed by atoms with Crippen LogP contribution in [0.2, 0.25) is 0 Å². The number of alkyl halides is 3. The molecule has 1 aromatic rings. The van der Waals surface area contributed by atoms with Crippen LogP contribution in [-0.2, 0) is 6.42 Å². The summed E-state index contributed by atoms with van der Waals surface area (Å²) in [6, 6.07) is 5.03. The van der Waals surface area contributed by atoms with Crippen LogP contribution in [0.25, 0.3) is 0 Å². The number of phenols is 1. The molecule has 2 atom stereocenters. The highest BCUT2D eigenvalue weighted by Crippen LogP contribution is 2.37. The van der Waals surface area contributed by atoms with Crippen LogP contribution in [0.3, 0.4) is 0 Å². The number of methoxy groups -OCH3 is 1. The fraction of sp³-hybridized carbons (Fsp3) is 0.625. The van der Waals surface area contributed by atoms with Gasteiger partial charge in [0.2, 0.25) is 0 Å². The summed E-state index contributed by atoms with van der Waals surface area (Å²) in [4.78, 5) is 0. The number of hydrogen-bond acceptors (Lipinski definition) is 3. The van der Waals surface area contributed by atoms with E-state index in [1.54, 1.807) is 18.2 Å². The standard InChI is InChI=1S/C16H22F3NO2/c1-22-15-9-11(5-6-14(15)21)7-8-20-13-4-2-3-12(10-13)16(17,18)19/h5-6,9,12-13,20-21H,2-4,7-8,10H2,1H3/t12-,13+/m1/s1. The molecule has 1 aliphatic rings. The third-order valence-electron chi connectivity index (χ3n) is 4.23. The Morgan fingerprint density at radius 3 is 2.77 bits per heavy atom. The van der Waals surface area contributed by atoms with Crippen LogP contribution in [0.1, 0.15) is 31.2 Å². The van der Waals surface area contributed by atoms with E-state index < -0.39 is 12.1 Å². The van der Waals surface area contributed by atoms with Crippen molar-refractivity contribution in [2.24, 2.45) is 5.92 Å². The summed E-state index contributed by atoms with van der Waals surface area (Å²) in [5, 5.41) is 12.7. The third kappa shape index (κ3) is 4.53. The lowest BCUT2D eigenvalue weighted by Crippen LogP contribution is -2.39. The van der Waals surface area contributed by atoms with Crippen molar-refractivity contribution in [3.63, 3.8) is 0 Å². The Hall–Kier alpha value is -1.43. The van der Waals surface area contributed by atoms with Gasteiger partial charge >= 0.3 is 6.18 Å². The Morgan fingerprint density at radius 2 is 2.09 bits per heavy atom. The number of hydrogen-bond donors (Lipinski definition) is 2. The first-order chi connectivity index (χ1) is 10.4. The number of aromatic hydroxyl groups is 1. The van der Waals surface area contributed by atoms with Gasteiger partial charge in [-0.3, -0.25) is 0 Å². The van der Waals surface area contributed by atoms with Crippen molar-refractivity contribution in [1.82, 2.24) is 5.32 Å². The second-order valence-electron chi connectivity index (χ2n) is 5.81. The van der Waals surface area contributed by atoms with Crippen molar-refractivity contribution in [3.05, 3.63) is 23.8 Å². The molecule has 0 heterocycles. The van der Waals surface area contributed by atoms with Crippen LogP contribution in [0, 0.1) is 5.92 Å². The minimum absolute atomic E-state index is 0.0700. The van der Waals surface area contributed by atoms with Crippen molar-refractivity contribution in [2.75, 3.05) is 13.7 Å². The van der Waals surface area contributed by atoms with Crippen molar-refractivity contribution in [1.29, 1.82) is 0 Å². The average molecular weight is 317 g/mol. The summed E-state index contributed by atoms with van der Waals surface area (Å²) in [6.07, 6.45) is -1.56. The first-order valence-corrected chi connectivity index (χ1v) is 7.56. The Labute approximate surface area is 128 Å². The molecule has 124 valence electrons. The molecule has 1 aromatic carbocycles. The summed E-state index contributed by atoms with van der Waals surface area (Å²) in [6.45, 7) is 0.614. The van der Waals surface area contributed by atoms with Crippen LogP contribution in [0.4, 0.5) is 13.2 Å². The van der Waals surface area contributed by atoms with Gasteiger partial charge in [-0.15, -0.1) is 0 Å².